The van der Waals surface area contributed by atoms with Gasteiger partial charge in [0.2, 0.25) is 10.0 Å². The molecule has 0 heterocycles. The number of hydrogen-bond donors (Lipinski definition) is 3. The van der Waals surface area contributed by atoms with Gasteiger partial charge in [-0.2, -0.15) is 0 Å². The minimum absolute atomic E-state index is 0.0123. The number of hydrogen-bond acceptors (Lipinski definition) is 6. The Kier molecular flexibility index (Phi) is 10.8. The SMILES string of the molecule is O=C(NS(=O)(=O)Cc1ccccc1)c1ccc(-c2ccc(CCNC[C@@H](O)c3ccccc3)cc2)cc1OC1CCCCC1. The number of aliphatic hydroxyl groups excluding tert-OH is 1. The van der Waals surface area contributed by atoms with Gasteiger partial charge >= 0.3 is 0 Å². The standard InChI is InChI=1S/C36H40N2O5S/c39-34(30-12-6-2-7-13-30)25-37-23-22-27-16-18-29(19-17-27)31-20-21-33(35(24-31)43-32-14-8-3-9-15-32)36(40)38-44(41,42)26-28-10-4-1-5-11-28/h1-2,4-7,10-13,16-21,24,32,34,37,39H,3,8-9,14-15,22-23,25-26H2,(H,38,40)/t34-/m1/s1. The summed E-state index contributed by atoms with van der Waals surface area (Å²) in [6.45, 7) is 1.22. The largest absolute Gasteiger partial charge is 0.490 e. The average Bonchev–Trinajstić information content (AvgIpc) is 3.04. The summed E-state index contributed by atoms with van der Waals surface area (Å²) in [6.07, 6.45) is 5.37. The average molecular weight is 613 g/mol. The molecule has 0 unspecified atom stereocenters. The van der Waals surface area contributed by atoms with Crippen molar-refractivity contribution in [3.63, 3.8) is 0 Å². The number of carbonyl (C=O) groups is 1. The highest BCUT2D eigenvalue weighted by Gasteiger charge is 2.23. The number of aliphatic hydroxyl groups is 1. The number of carbonyl (C=O) groups excluding carboxylic acids is 1. The van der Waals surface area contributed by atoms with Gasteiger partial charge < -0.3 is 15.2 Å². The molecule has 1 fully saturated rings. The fourth-order valence-corrected chi connectivity index (χ4v) is 6.60. The Morgan fingerprint density at radius 1 is 0.818 bits per heavy atom. The lowest BCUT2D eigenvalue weighted by molar-refractivity contribution is 0.0969. The van der Waals surface area contributed by atoms with E-state index in [-0.39, 0.29) is 17.4 Å². The summed E-state index contributed by atoms with van der Waals surface area (Å²) in [7, 11) is -3.90. The first-order valence-corrected chi connectivity index (χ1v) is 16.9. The molecule has 1 atom stereocenters. The van der Waals surface area contributed by atoms with E-state index >= 15 is 0 Å². The summed E-state index contributed by atoms with van der Waals surface area (Å²) in [4.78, 5) is 13.3. The number of ether oxygens (including phenoxy) is 1. The molecule has 1 saturated carbocycles. The highest BCUT2D eigenvalue weighted by Crippen LogP contribution is 2.31. The molecule has 0 bridgehead atoms. The zero-order chi connectivity index (χ0) is 30.8. The first-order chi connectivity index (χ1) is 21.4. The van der Waals surface area contributed by atoms with Gasteiger partial charge in [0.25, 0.3) is 5.91 Å². The summed E-state index contributed by atoms with van der Waals surface area (Å²) in [6, 6.07) is 31.9. The first-order valence-electron chi connectivity index (χ1n) is 15.3. The minimum Gasteiger partial charge on any atom is -0.490 e. The molecule has 0 aliphatic heterocycles. The second-order valence-electron chi connectivity index (χ2n) is 11.3. The minimum atomic E-state index is -3.90. The maximum atomic E-state index is 13.3. The van der Waals surface area contributed by atoms with Crippen molar-refractivity contribution in [1.82, 2.24) is 10.0 Å². The molecule has 1 aliphatic rings. The zero-order valence-electron chi connectivity index (χ0n) is 24.8. The van der Waals surface area contributed by atoms with Gasteiger partial charge in [-0.1, -0.05) is 97.4 Å². The third kappa shape index (κ3) is 9.02. The van der Waals surface area contributed by atoms with Crippen LogP contribution in [-0.4, -0.2) is 38.6 Å². The van der Waals surface area contributed by atoms with E-state index in [0.717, 1.165) is 60.9 Å². The van der Waals surface area contributed by atoms with E-state index in [9.17, 15) is 18.3 Å². The molecule has 0 aromatic heterocycles. The van der Waals surface area contributed by atoms with Crippen LogP contribution in [0, 0.1) is 0 Å². The molecule has 230 valence electrons. The van der Waals surface area contributed by atoms with Crippen LogP contribution in [0.15, 0.2) is 103 Å². The third-order valence-corrected chi connectivity index (χ3v) is 9.13. The number of nitrogens with one attached hydrogen (secondary N) is 2. The molecule has 1 amide bonds. The summed E-state index contributed by atoms with van der Waals surface area (Å²) < 4.78 is 34.2. The Hall–Kier alpha value is -3.98. The molecule has 0 radical (unpaired) electrons. The lowest BCUT2D eigenvalue weighted by Gasteiger charge is -2.24. The van der Waals surface area contributed by atoms with Gasteiger partial charge in [-0.3, -0.25) is 4.79 Å². The quantitative estimate of drug-likeness (QED) is 0.156. The van der Waals surface area contributed by atoms with Crippen LogP contribution in [0.3, 0.4) is 0 Å². The van der Waals surface area contributed by atoms with Gasteiger partial charge in [0.05, 0.1) is 23.5 Å². The number of rotatable bonds is 13. The van der Waals surface area contributed by atoms with Crippen molar-refractivity contribution in [2.45, 2.75) is 56.5 Å². The van der Waals surface area contributed by atoms with Gasteiger partial charge in [0, 0.05) is 6.54 Å². The molecule has 0 saturated heterocycles. The first kappa shape index (κ1) is 31.4. The summed E-state index contributed by atoms with van der Waals surface area (Å²) >= 11 is 0. The molecule has 7 nitrogen and oxygen atoms in total. The second-order valence-corrected chi connectivity index (χ2v) is 13.1. The van der Waals surface area contributed by atoms with E-state index < -0.39 is 22.0 Å². The van der Waals surface area contributed by atoms with Gasteiger partial charge in [0.15, 0.2) is 0 Å². The van der Waals surface area contributed by atoms with E-state index in [1.165, 1.54) is 6.42 Å². The van der Waals surface area contributed by atoms with Crippen LogP contribution < -0.4 is 14.8 Å². The Balaban J connectivity index is 1.25. The van der Waals surface area contributed by atoms with Crippen molar-refractivity contribution in [1.29, 1.82) is 0 Å². The van der Waals surface area contributed by atoms with Crippen LogP contribution in [0.2, 0.25) is 0 Å². The van der Waals surface area contributed by atoms with E-state index in [4.69, 9.17) is 4.74 Å². The predicted molar refractivity (Wildman–Crippen MR) is 174 cm³/mol. The summed E-state index contributed by atoms with van der Waals surface area (Å²) in [5.41, 5.74) is 4.72. The Bertz CT molecular complexity index is 1600. The summed E-state index contributed by atoms with van der Waals surface area (Å²) in [5.74, 6) is -0.586. The molecule has 4 aromatic carbocycles. The van der Waals surface area contributed by atoms with Crippen LogP contribution >= 0.6 is 0 Å². The molecule has 8 heteroatoms. The topological polar surface area (TPSA) is 105 Å². The van der Waals surface area contributed by atoms with Crippen LogP contribution in [0.25, 0.3) is 11.1 Å². The lowest BCUT2D eigenvalue weighted by Crippen LogP contribution is -2.32. The van der Waals surface area contributed by atoms with Crippen LogP contribution in [0.1, 0.15) is 65.3 Å². The van der Waals surface area contributed by atoms with Crippen molar-refractivity contribution in [2.24, 2.45) is 0 Å². The van der Waals surface area contributed by atoms with E-state index in [1.54, 1.807) is 30.3 Å². The fraction of sp³-hybridized carbons (Fsp3) is 0.306. The van der Waals surface area contributed by atoms with E-state index in [2.05, 4.69) is 22.2 Å². The lowest BCUT2D eigenvalue weighted by atomic mass is 9.97. The molecule has 1 aliphatic carbocycles. The van der Waals surface area contributed by atoms with E-state index in [0.29, 0.717) is 17.9 Å². The van der Waals surface area contributed by atoms with Crippen LogP contribution in [0.4, 0.5) is 0 Å². The zero-order valence-corrected chi connectivity index (χ0v) is 25.6. The molecule has 0 spiro atoms. The predicted octanol–water partition coefficient (Wildman–Crippen LogP) is 6.19. The maximum Gasteiger partial charge on any atom is 0.268 e. The third-order valence-electron chi connectivity index (χ3n) is 7.92. The number of sulfonamides is 1. The van der Waals surface area contributed by atoms with Gasteiger partial charge in [-0.25, -0.2) is 13.1 Å². The van der Waals surface area contributed by atoms with Gasteiger partial charge in [0.1, 0.15) is 5.75 Å². The Morgan fingerprint density at radius 2 is 1.48 bits per heavy atom. The molecular weight excluding hydrogens is 572 g/mol. The second kappa shape index (κ2) is 15.1. The molecule has 3 N–H and O–H groups in total. The Morgan fingerprint density at radius 3 is 2.18 bits per heavy atom. The molecule has 5 rings (SSSR count). The van der Waals surface area contributed by atoms with Gasteiger partial charge in [-0.05, 0) is 78.6 Å². The molecular formula is C36H40N2O5S. The highest BCUT2D eigenvalue weighted by molar-refractivity contribution is 7.89. The maximum absolute atomic E-state index is 13.3. The van der Waals surface area contributed by atoms with Crippen molar-refractivity contribution in [3.05, 3.63) is 125 Å². The van der Waals surface area contributed by atoms with Gasteiger partial charge in [-0.15, -0.1) is 0 Å². The van der Waals surface area contributed by atoms with Crippen molar-refractivity contribution in [3.8, 4) is 16.9 Å². The molecule has 4 aromatic rings. The summed E-state index contributed by atoms with van der Waals surface area (Å²) in [5, 5.41) is 13.7. The Labute approximate surface area is 260 Å². The van der Waals surface area contributed by atoms with Crippen molar-refractivity contribution >= 4 is 15.9 Å². The molecule has 44 heavy (non-hydrogen) atoms. The monoisotopic (exact) mass is 612 g/mol. The van der Waals surface area contributed by atoms with Crippen LogP contribution in [-0.2, 0) is 22.2 Å². The van der Waals surface area contributed by atoms with E-state index in [1.807, 2.05) is 60.7 Å². The highest BCUT2D eigenvalue weighted by atomic mass is 32.2. The normalized spacial score (nSPS) is 14.6. The smallest absolute Gasteiger partial charge is 0.268 e. The fourth-order valence-electron chi connectivity index (χ4n) is 5.50. The number of benzene rings is 4. The van der Waals surface area contributed by atoms with Crippen LogP contribution in [0.5, 0.6) is 5.75 Å². The van der Waals surface area contributed by atoms with Crippen molar-refractivity contribution < 1.29 is 23.1 Å². The number of amides is 1. The van der Waals surface area contributed by atoms with Crippen molar-refractivity contribution in [2.75, 3.05) is 13.1 Å².